The Hall–Kier alpha value is -0.540. The van der Waals surface area contributed by atoms with Gasteiger partial charge in [-0.3, -0.25) is 0 Å². The first-order valence-electron chi connectivity index (χ1n) is 2.97. The van der Waals surface area contributed by atoms with E-state index >= 15 is 0 Å². The van der Waals surface area contributed by atoms with Gasteiger partial charge in [0.05, 0.1) is 16.6 Å². The third kappa shape index (κ3) is 1.14. The molecule has 1 aromatic heterocycles. The summed E-state index contributed by atoms with van der Waals surface area (Å²) in [4.78, 5) is 0. The van der Waals surface area contributed by atoms with Crippen molar-refractivity contribution in [3.8, 4) is 0 Å². The molecule has 0 N–H and O–H groups in total. The number of benzene rings is 1. The molecule has 0 fully saturated rings. The third-order valence-electron chi connectivity index (χ3n) is 1.39. The van der Waals surface area contributed by atoms with E-state index in [4.69, 9.17) is 16.1 Å². The Labute approximate surface area is 76.2 Å². The minimum Gasteiger partial charge on any atom is -0.356 e. The summed E-state index contributed by atoms with van der Waals surface area (Å²) >= 11 is 9.17. The van der Waals surface area contributed by atoms with Crippen molar-refractivity contribution in [2.45, 2.75) is 0 Å². The zero-order chi connectivity index (χ0) is 7.84. The predicted octanol–water partition coefficient (Wildman–Crippen LogP) is 3.24. The second-order valence-electron chi connectivity index (χ2n) is 2.13. The topological polar surface area (TPSA) is 26.0 Å². The van der Waals surface area contributed by atoms with Gasteiger partial charge in [0.15, 0.2) is 5.58 Å². The van der Waals surface area contributed by atoms with Crippen LogP contribution in [-0.4, -0.2) is 5.16 Å². The van der Waals surface area contributed by atoms with E-state index in [1.54, 1.807) is 12.3 Å². The number of aromatic nitrogens is 1. The lowest BCUT2D eigenvalue weighted by atomic mass is 10.3. The van der Waals surface area contributed by atoms with Crippen LogP contribution in [0.2, 0.25) is 5.02 Å². The van der Waals surface area contributed by atoms with Crippen molar-refractivity contribution in [1.29, 1.82) is 0 Å². The molecule has 0 atom stereocenters. The van der Waals surface area contributed by atoms with Crippen LogP contribution >= 0.6 is 27.5 Å². The summed E-state index contributed by atoms with van der Waals surface area (Å²) < 4.78 is 5.81. The molecule has 0 saturated heterocycles. The first-order valence-corrected chi connectivity index (χ1v) is 4.14. The molecule has 2 rings (SSSR count). The molecule has 2 nitrogen and oxygen atoms in total. The SMILES string of the molecule is Clc1cc(Br)cc2oncc12. The van der Waals surface area contributed by atoms with Crippen molar-refractivity contribution >= 4 is 38.5 Å². The average molecular weight is 232 g/mol. The Morgan fingerprint density at radius 3 is 3.09 bits per heavy atom. The van der Waals surface area contributed by atoms with Crippen LogP contribution in [-0.2, 0) is 0 Å². The second-order valence-corrected chi connectivity index (χ2v) is 3.45. The maximum Gasteiger partial charge on any atom is 0.169 e. The number of nitrogens with zero attached hydrogens (tertiary/aromatic N) is 1. The van der Waals surface area contributed by atoms with Crippen LogP contribution in [0.15, 0.2) is 27.3 Å². The monoisotopic (exact) mass is 231 g/mol. The Bertz CT molecular complexity index is 398. The molecule has 1 heterocycles. The highest BCUT2D eigenvalue weighted by Gasteiger charge is 2.03. The first kappa shape index (κ1) is 7.13. The Morgan fingerprint density at radius 2 is 2.27 bits per heavy atom. The second kappa shape index (κ2) is 2.50. The van der Waals surface area contributed by atoms with Gasteiger partial charge in [-0.05, 0) is 12.1 Å². The summed E-state index contributed by atoms with van der Waals surface area (Å²) in [6.07, 6.45) is 1.60. The van der Waals surface area contributed by atoms with Gasteiger partial charge in [-0.25, -0.2) is 0 Å². The highest BCUT2D eigenvalue weighted by atomic mass is 79.9. The van der Waals surface area contributed by atoms with E-state index < -0.39 is 0 Å². The van der Waals surface area contributed by atoms with Crippen LogP contribution in [0.1, 0.15) is 0 Å². The molecule has 0 bridgehead atoms. The molecule has 0 aliphatic carbocycles. The zero-order valence-corrected chi connectivity index (χ0v) is 7.69. The Morgan fingerprint density at radius 1 is 1.45 bits per heavy atom. The molecule has 0 unspecified atom stereocenters. The summed E-state index contributed by atoms with van der Waals surface area (Å²) in [7, 11) is 0. The summed E-state index contributed by atoms with van der Waals surface area (Å²) in [5.74, 6) is 0. The molecule has 0 spiro atoms. The smallest absolute Gasteiger partial charge is 0.169 e. The molecule has 0 radical (unpaired) electrons. The summed E-state index contributed by atoms with van der Waals surface area (Å²) in [6.45, 7) is 0. The first-order chi connectivity index (χ1) is 5.27. The molecule has 0 amide bonds. The van der Waals surface area contributed by atoms with Crippen molar-refractivity contribution < 1.29 is 4.52 Å². The lowest BCUT2D eigenvalue weighted by molar-refractivity contribution is 0.456. The van der Waals surface area contributed by atoms with Gasteiger partial charge in [-0.2, -0.15) is 0 Å². The van der Waals surface area contributed by atoms with Crippen LogP contribution < -0.4 is 0 Å². The minimum absolute atomic E-state index is 0.649. The Balaban J connectivity index is 2.91. The average Bonchev–Trinajstić information content (AvgIpc) is 2.34. The number of halogens is 2. The van der Waals surface area contributed by atoms with Crippen LogP contribution in [0, 0.1) is 0 Å². The minimum atomic E-state index is 0.649. The fourth-order valence-electron chi connectivity index (χ4n) is 0.898. The number of fused-ring (bicyclic) bond motifs is 1. The number of hydrogen-bond acceptors (Lipinski definition) is 2. The highest BCUT2D eigenvalue weighted by Crippen LogP contribution is 2.27. The summed E-state index contributed by atoms with van der Waals surface area (Å²) in [5.41, 5.74) is 0.698. The number of hydrogen-bond donors (Lipinski definition) is 0. The van der Waals surface area contributed by atoms with Gasteiger partial charge in [0, 0.05) is 4.47 Å². The predicted molar refractivity (Wildman–Crippen MR) is 46.7 cm³/mol. The molecule has 2 aromatic rings. The number of rotatable bonds is 0. The molecule has 1 aromatic carbocycles. The molecular formula is C7H3BrClNO. The van der Waals surface area contributed by atoms with Crippen molar-refractivity contribution in [2.24, 2.45) is 0 Å². The maximum absolute atomic E-state index is 5.87. The van der Waals surface area contributed by atoms with Crippen LogP contribution in [0.5, 0.6) is 0 Å². The van der Waals surface area contributed by atoms with Gasteiger partial charge in [0.2, 0.25) is 0 Å². The third-order valence-corrected chi connectivity index (χ3v) is 2.16. The van der Waals surface area contributed by atoms with Crippen molar-refractivity contribution in [1.82, 2.24) is 5.16 Å². The van der Waals surface area contributed by atoms with Crippen molar-refractivity contribution in [2.75, 3.05) is 0 Å². The molecule has 0 aliphatic rings. The largest absolute Gasteiger partial charge is 0.356 e. The van der Waals surface area contributed by atoms with Crippen molar-refractivity contribution in [3.05, 3.63) is 27.8 Å². The normalized spacial score (nSPS) is 10.7. The lowest BCUT2D eigenvalue weighted by Gasteiger charge is -1.91. The van der Waals surface area contributed by atoms with E-state index in [9.17, 15) is 0 Å². The molecule has 56 valence electrons. The van der Waals surface area contributed by atoms with E-state index in [1.807, 2.05) is 6.07 Å². The maximum atomic E-state index is 5.87. The van der Waals surface area contributed by atoms with Gasteiger partial charge in [-0.15, -0.1) is 0 Å². The molecule has 0 aliphatic heterocycles. The van der Waals surface area contributed by atoms with E-state index in [1.165, 1.54) is 0 Å². The van der Waals surface area contributed by atoms with Gasteiger partial charge >= 0.3 is 0 Å². The zero-order valence-electron chi connectivity index (χ0n) is 5.34. The molecule has 11 heavy (non-hydrogen) atoms. The fourth-order valence-corrected chi connectivity index (χ4v) is 1.73. The van der Waals surface area contributed by atoms with E-state index in [2.05, 4.69) is 21.1 Å². The quantitative estimate of drug-likeness (QED) is 0.697. The van der Waals surface area contributed by atoms with Crippen molar-refractivity contribution in [3.63, 3.8) is 0 Å². The van der Waals surface area contributed by atoms with E-state index in [0.29, 0.717) is 10.6 Å². The molecular weight excluding hydrogens is 229 g/mol. The lowest BCUT2D eigenvalue weighted by Crippen LogP contribution is -1.67. The standard InChI is InChI=1S/C7H3BrClNO/c8-4-1-6(9)5-3-10-11-7(5)2-4/h1-3H. The van der Waals surface area contributed by atoms with Gasteiger partial charge in [0.25, 0.3) is 0 Å². The Kier molecular flexibility index (Phi) is 1.62. The highest BCUT2D eigenvalue weighted by molar-refractivity contribution is 9.10. The van der Waals surface area contributed by atoms with Crippen LogP contribution in [0.3, 0.4) is 0 Å². The van der Waals surface area contributed by atoms with E-state index in [0.717, 1.165) is 9.86 Å². The summed E-state index contributed by atoms with van der Waals surface area (Å²) in [5, 5.41) is 5.11. The fraction of sp³-hybridized carbons (Fsp3) is 0. The van der Waals surface area contributed by atoms with Crippen LogP contribution in [0.25, 0.3) is 11.0 Å². The van der Waals surface area contributed by atoms with Gasteiger partial charge in [0.1, 0.15) is 0 Å². The molecule has 4 heteroatoms. The van der Waals surface area contributed by atoms with Crippen LogP contribution in [0.4, 0.5) is 0 Å². The van der Waals surface area contributed by atoms with E-state index in [-0.39, 0.29) is 0 Å². The van der Waals surface area contributed by atoms with Gasteiger partial charge in [-0.1, -0.05) is 32.7 Å². The summed E-state index contributed by atoms with van der Waals surface area (Å²) in [6, 6.07) is 3.63. The molecule has 0 saturated carbocycles. The van der Waals surface area contributed by atoms with Gasteiger partial charge < -0.3 is 4.52 Å².